The zero-order valence-corrected chi connectivity index (χ0v) is 17.6. The van der Waals surface area contributed by atoms with Gasteiger partial charge < -0.3 is 26.0 Å². The average molecular weight is 410 g/mol. The summed E-state index contributed by atoms with van der Waals surface area (Å²) in [6.45, 7) is 6.89. The van der Waals surface area contributed by atoms with E-state index in [1.807, 2.05) is 4.90 Å². The van der Waals surface area contributed by atoms with Crippen molar-refractivity contribution < 1.29 is 14.7 Å². The number of piperidine rings is 1. The maximum absolute atomic E-state index is 12.8. The molecule has 0 radical (unpaired) electrons. The standard InChI is InChI=1S/C19H31N5O3S/c1-13-16(28-18(20)21-13)17(26)24-8-3-6-19(27,7-11-24)12-23-9-4-15(5-10-23)22-14(2)25/h15,27H,3-12H2,1-2H3,(H2,20,21)(H,22,25)/t19-/m1/s1. The second-order valence-corrected chi connectivity index (χ2v) is 9.12. The highest BCUT2D eigenvalue weighted by Crippen LogP contribution is 2.28. The third-order valence-electron chi connectivity index (χ3n) is 5.72. The number of rotatable bonds is 4. The Morgan fingerprint density at radius 1 is 1.29 bits per heavy atom. The topological polar surface area (TPSA) is 112 Å². The first kappa shape index (κ1) is 21.0. The summed E-state index contributed by atoms with van der Waals surface area (Å²) < 4.78 is 0. The Labute approximate surface area is 170 Å². The molecule has 2 aliphatic heterocycles. The monoisotopic (exact) mass is 409 g/mol. The lowest BCUT2D eigenvalue weighted by Crippen LogP contribution is -2.50. The third-order valence-corrected chi connectivity index (χ3v) is 6.70. The molecule has 9 heteroatoms. The number of thiazole rings is 1. The molecular formula is C19H31N5O3S. The summed E-state index contributed by atoms with van der Waals surface area (Å²) in [5.74, 6) is -0.0180. The Bertz CT molecular complexity index is 716. The van der Waals surface area contributed by atoms with Crippen molar-refractivity contribution >= 4 is 28.3 Å². The minimum Gasteiger partial charge on any atom is -0.388 e. The number of amides is 2. The van der Waals surface area contributed by atoms with Crippen molar-refractivity contribution in [2.45, 2.75) is 57.6 Å². The first-order valence-corrected chi connectivity index (χ1v) is 10.8. The van der Waals surface area contributed by atoms with Gasteiger partial charge in [-0.15, -0.1) is 0 Å². The highest BCUT2D eigenvalue weighted by Gasteiger charge is 2.35. The lowest BCUT2D eigenvalue weighted by molar-refractivity contribution is -0.120. The highest BCUT2D eigenvalue weighted by atomic mass is 32.1. The lowest BCUT2D eigenvalue weighted by Gasteiger charge is -2.38. The summed E-state index contributed by atoms with van der Waals surface area (Å²) in [6.07, 6.45) is 3.85. The summed E-state index contributed by atoms with van der Waals surface area (Å²) in [4.78, 5) is 32.9. The number of anilines is 1. The number of likely N-dealkylation sites (tertiary alicyclic amines) is 2. The molecule has 28 heavy (non-hydrogen) atoms. The molecule has 0 bridgehead atoms. The minimum atomic E-state index is -0.780. The Morgan fingerprint density at radius 3 is 2.61 bits per heavy atom. The van der Waals surface area contributed by atoms with Gasteiger partial charge in [-0.05, 0) is 39.0 Å². The van der Waals surface area contributed by atoms with Crippen LogP contribution >= 0.6 is 11.3 Å². The Kier molecular flexibility index (Phi) is 6.57. The number of aliphatic hydroxyl groups is 1. The molecule has 0 aromatic carbocycles. The van der Waals surface area contributed by atoms with Gasteiger partial charge in [0.05, 0.1) is 11.3 Å². The molecular weight excluding hydrogens is 378 g/mol. The van der Waals surface area contributed by atoms with Crippen LogP contribution in [-0.4, -0.2) is 76.1 Å². The normalized spacial score (nSPS) is 24.8. The quantitative estimate of drug-likeness (QED) is 0.684. The molecule has 0 saturated carbocycles. The van der Waals surface area contributed by atoms with Crippen molar-refractivity contribution in [3.8, 4) is 0 Å². The number of nitrogens with one attached hydrogen (secondary N) is 1. The fraction of sp³-hybridized carbons (Fsp3) is 0.737. The molecule has 156 valence electrons. The number of aryl methyl sites for hydroxylation is 1. The number of carbonyl (C=O) groups is 2. The first-order valence-electron chi connectivity index (χ1n) is 10.00. The van der Waals surface area contributed by atoms with Crippen molar-refractivity contribution in [3.05, 3.63) is 10.6 Å². The van der Waals surface area contributed by atoms with Crippen LogP contribution in [0.25, 0.3) is 0 Å². The van der Waals surface area contributed by atoms with Gasteiger partial charge in [-0.3, -0.25) is 9.59 Å². The Hall–Kier alpha value is -1.71. The minimum absolute atomic E-state index is 0.0172. The zero-order chi connectivity index (χ0) is 20.3. The van der Waals surface area contributed by atoms with E-state index in [4.69, 9.17) is 5.73 Å². The van der Waals surface area contributed by atoms with Gasteiger partial charge in [0.25, 0.3) is 5.91 Å². The SMILES string of the molecule is CC(=O)NC1CCN(C[C@@]2(O)CCCN(C(=O)c3sc(N)nc3C)CC2)CC1. The molecule has 3 heterocycles. The third kappa shape index (κ3) is 5.21. The summed E-state index contributed by atoms with van der Waals surface area (Å²) >= 11 is 1.23. The molecule has 0 unspecified atom stereocenters. The maximum Gasteiger partial charge on any atom is 0.265 e. The highest BCUT2D eigenvalue weighted by molar-refractivity contribution is 7.17. The number of β-amino-alcohol motifs (C(OH)–C–C–N with tert-alkyl or cyclic N) is 1. The Morgan fingerprint density at radius 2 is 2.00 bits per heavy atom. The van der Waals surface area contributed by atoms with Gasteiger partial charge in [-0.25, -0.2) is 4.98 Å². The van der Waals surface area contributed by atoms with Crippen LogP contribution in [0.4, 0.5) is 5.13 Å². The first-order chi connectivity index (χ1) is 13.3. The molecule has 2 amide bonds. The molecule has 8 nitrogen and oxygen atoms in total. The van der Waals surface area contributed by atoms with Crippen molar-refractivity contribution in [1.29, 1.82) is 0 Å². The lowest BCUT2D eigenvalue weighted by atomic mass is 9.93. The van der Waals surface area contributed by atoms with E-state index in [0.29, 0.717) is 48.2 Å². The fourth-order valence-corrected chi connectivity index (χ4v) is 5.04. The van der Waals surface area contributed by atoms with Crippen LogP contribution in [0.3, 0.4) is 0 Å². The van der Waals surface area contributed by atoms with Crippen LogP contribution in [0.2, 0.25) is 0 Å². The number of nitrogens with two attached hydrogens (primary N) is 1. The molecule has 2 aliphatic rings. The van der Waals surface area contributed by atoms with Crippen molar-refractivity contribution in [2.24, 2.45) is 0 Å². The van der Waals surface area contributed by atoms with E-state index >= 15 is 0 Å². The average Bonchev–Trinajstić information content (AvgIpc) is 2.84. The second kappa shape index (κ2) is 8.75. The molecule has 0 spiro atoms. The van der Waals surface area contributed by atoms with Crippen molar-refractivity contribution in [2.75, 3.05) is 38.5 Å². The largest absolute Gasteiger partial charge is 0.388 e. The van der Waals surface area contributed by atoms with E-state index in [9.17, 15) is 14.7 Å². The molecule has 1 aromatic rings. The van der Waals surface area contributed by atoms with Crippen molar-refractivity contribution in [3.63, 3.8) is 0 Å². The van der Waals surface area contributed by atoms with Gasteiger partial charge in [0.2, 0.25) is 5.91 Å². The van der Waals surface area contributed by atoms with Crippen LogP contribution in [0.1, 0.15) is 54.4 Å². The number of hydrogen-bond donors (Lipinski definition) is 3. The van der Waals surface area contributed by atoms with Gasteiger partial charge >= 0.3 is 0 Å². The maximum atomic E-state index is 12.8. The summed E-state index contributed by atoms with van der Waals surface area (Å²) in [6, 6.07) is 0.237. The molecule has 1 aromatic heterocycles. The number of carbonyl (C=O) groups excluding carboxylic acids is 2. The predicted octanol–water partition coefficient (Wildman–Crippen LogP) is 0.991. The van der Waals surface area contributed by atoms with Crippen LogP contribution in [0, 0.1) is 6.92 Å². The summed E-state index contributed by atoms with van der Waals surface area (Å²) in [5, 5.41) is 14.6. The van der Waals surface area contributed by atoms with Gasteiger partial charge in [-0.2, -0.15) is 0 Å². The van der Waals surface area contributed by atoms with E-state index in [1.54, 1.807) is 13.8 Å². The van der Waals surface area contributed by atoms with Gasteiger partial charge in [0.1, 0.15) is 4.88 Å². The van der Waals surface area contributed by atoms with Crippen LogP contribution in [0.5, 0.6) is 0 Å². The fourth-order valence-electron chi connectivity index (χ4n) is 4.24. The number of nitrogens with zero attached hydrogens (tertiary/aromatic N) is 3. The molecule has 1 atom stereocenters. The van der Waals surface area contributed by atoms with Gasteiger partial charge in [0, 0.05) is 45.7 Å². The van der Waals surface area contributed by atoms with Crippen LogP contribution in [0.15, 0.2) is 0 Å². The van der Waals surface area contributed by atoms with E-state index in [0.717, 1.165) is 32.4 Å². The van der Waals surface area contributed by atoms with E-state index in [1.165, 1.54) is 11.3 Å². The number of hydrogen-bond acceptors (Lipinski definition) is 7. The molecule has 0 aliphatic carbocycles. The molecule has 2 fully saturated rings. The van der Waals surface area contributed by atoms with Gasteiger partial charge in [-0.1, -0.05) is 11.3 Å². The predicted molar refractivity (Wildman–Crippen MR) is 109 cm³/mol. The summed E-state index contributed by atoms with van der Waals surface area (Å²) in [5.41, 5.74) is 5.62. The van der Waals surface area contributed by atoms with Crippen molar-refractivity contribution in [1.82, 2.24) is 20.1 Å². The van der Waals surface area contributed by atoms with Crippen LogP contribution < -0.4 is 11.1 Å². The van der Waals surface area contributed by atoms with E-state index in [-0.39, 0.29) is 17.9 Å². The smallest absolute Gasteiger partial charge is 0.265 e. The molecule has 2 saturated heterocycles. The molecule has 4 N–H and O–H groups in total. The number of nitrogen functional groups attached to an aromatic ring is 1. The van der Waals surface area contributed by atoms with E-state index < -0.39 is 5.60 Å². The van der Waals surface area contributed by atoms with E-state index in [2.05, 4.69) is 15.2 Å². The molecule has 3 rings (SSSR count). The Balaban J connectivity index is 1.53. The number of aromatic nitrogens is 1. The summed E-state index contributed by atoms with van der Waals surface area (Å²) in [7, 11) is 0. The van der Waals surface area contributed by atoms with Crippen LogP contribution in [-0.2, 0) is 4.79 Å². The second-order valence-electron chi connectivity index (χ2n) is 8.09. The van der Waals surface area contributed by atoms with Gasteiger partial charge in [0.15, 0.2) is 5.13 Å². The zero-order valence-electron chi connectivity index (χ0n) is 16.7.